The van der Waals surface area contributed by atoms with E-state index in [2.05, 4.69) is 13.8 Å². The molecule has 3 aliphatic rings. The van der Waals surface area contributed by atoms with Crippen LogP contribution in [0.25, 0.3) is 0 Å². The van der Waals surface area contributed by atoms with Crippen molar-refractivity contribution in [3.63, 3.8) is 0 Å². The summed E-state index contributed by atoms with van der Waals surface area (Å²) in [7, 11) is 0. The molecule has 182 valence electrons. The van der Waals surface area contributed by atoms with Crippen LogP contribution in [0.4, 0.5) is 0 Å². The van der Waals surface area contributed by atoms with Crippen molar-refractivity contribution in [1.29, 1.82) is 0 Å². The molecule has 0 radical (unpaired) electrons. The SMILES string of the molecule is CCCCCC1CCC(C2CCC(C3CCC(CCCCCO)CC3)C(CC)C2)CC1. The maximum absolute atomic E-state index is 8.98. The van der Waals surface area contributed by atoms with Crippen LogP contribution < -0.4 is 0 Å². The molecule has 0 amide bonds. The van der Waals surface area contributed by atoms with E-state index in [4.69, 9.17) is 5.11 Å². The van der Waals surface area contributed by atoms with Crippen LogP contribution in [0.5, 0.6) is 0 Å². The van der Waals surface area contributed by atoms with E-state index in [9.17, 15) is 0 Å². The van der Waals surface area contributed by atoms with Crippen LogP contribution >= 0.6 is 0 Å². The molecule has 3 saturated carbocycles. The molecule has 0 saturated heterocycles. The highest BCUT2D eigenvalue weighted by atomic mass is 16.2. The summed E-state index contributed by atoms with van der Waals surface area (Å²) in [4.78, 5) is 0. The normalized spacial score (nSPS) is 37.1. The number of unbranched alkanes of at least 4 members (excludes halogenated alkanes) is 4. The summed E-state index contributed by atoms with van der Waals surface area (Å²) in [5, 5.41) is 8.98. The molecule has 1 N–H and O–H groups in total. The summed E-state index contributed by atoms with van der Waals surface area (Å²) in [5.41, 5.74) is 0. The van der Waals surface area contributed by atoms with Crippen molar-refractivity contribution in [2.75, 3.05) is 6.61 Å². The Morgan fingerprint density at radius 3 is 1.74 bits per heavy atom. The van der Waals surface area contributed by atoms with Gasteiger partial charge in [0.25, 0.3) is 0 Å². The van der Waals surface area contributed by atoms with Gasteiger partial charge in [0.05, 0.1) is 0 Å². The van der Waals surface area contributed by atoms with Gasteiger partial charge in [0.2, 0.25) is 0 Å². The summed E-state index contributed by atoms with van der Waals surface area (Å²) in [6.45, 7) is 5.22. The minimum absolute atomic E-state index is 0.383. The number of aliphatic hydroxyl groups excluding tert-OH is 1. The van der Waals surface area contributed by atoms with Crippen LogP contribution in [0.3, 0.4) is 0 Å². The molecule has 3 aliphatic carbocycles. The smallest absolute Gasteiger partial charge is 0.0431 e. The van der Waals surface area contributed by atoms with Gasteiger partial charge >= 0.3 is 0 Å². The van der Waals surface area contributed by atoms with Crippen molar-refractivity contribution < 1.29 is 5.11 Å². The molecular weight excluding hydrogens is 376 g/mol. The Labute approximate surface area is 195 Å². The van der Waals surface area contributed by atoms with Gasteiger partial charge in [-0.25, -0.2) is 0 Å². The molecule has 31 heavy (non-hydrogen) atoms. The standard InChI is InChI=1S/C30H56O/c1-3-5-7-10-24-12-16-27(17-13-24)29-20-21-30(26(4-2)23-29)28-18-14-25(15-19-28)11-8-6-9-22-31/h24-31H,3-23H2,1-2H3. The molecule has 0 aliphatic heterocycles. The third-order valence-electron chi connectivity index (χ3n) is 10.1. The number of rotatable bonds is 12. The second kappa shape index (κ2) is 14.3. The third-order valence-corrected chi connectivity index (χ3v) is 10.1. The third kappa shape index (κ3) is 8.04. The van der Waals surface area contributed by atoms with Gasteiger partial charge in [0, 0.05) is 6.61 Å². The maximum Gasteiger partial charge on any atom is 0.0431 e. The van der Waals surface area contributed by atoms with Gasteiger partial charge in [0.1, 0.15) is 0 Å². The molecule has 0 bridgehead atoms. The van der Waals surface area contributed by atoms with Gasteiger partial charge < -0.3 is 5.11 Å². The van der Waals surface area contributed by atoms with Gasteiger partial charge in [-0.3, -0.25) is 0 Å². The van der Waals surface area contributed by atoms with Crippen molar-refractivity contribution in [2.45, 2.75) is 142 Å². The fourth-order valence-electron chi connectivity index (χ4n) is 8.10. The van der Waals surface area contributed by atoms with Crippen LogP contribution in [0.1, 0.15) is 142 Å². The van der Waals surface area contributed by atoms with Gasteiger partial charge in [-0.2, -0.15) is 0 Å². The summed E-state index contributed by atoms with van der Waals surface area (Å²) >= 11 is 0. The first kappa shape index (κ1) is 25.6. The molecule has 0 aromatic carbocycles. The van der Waals surface area contributed by atoms with E-state index < -0.39 is 0 Å². The molecular formula is C30H56O. The highest BCUT2D eigenvalue weighted by molar-refractivity contribution is 4.89. The predicted molar refractivity (Wildman–Crippen MR) is 135 cm³/mol. The summed E-state index contributed by atoms with van der Waals surface area (Å²) in [5.74, 6) is 7.36. The molecule has 3 unspecified atom stereocenters. The van der Waals surface area contributed by atoms with E-state index >= 15 is 0 Å². The van der Waals surface area contributed by atoms with Crippen molar-refractivity contribution in [2.24, 2.45) is 41.4 Å². The Kier molecular flexibility index (Phi) is 11.8. The Morgan fingerprint density at radius 2 is 1.16 bits per heavy atom. The van der Waals surface area contributed by atoms with Crippen molar-refractivity contribution in [3.8, 4) is 0 Å². The highest BCUT2D eigenvalue weighted by Gasteiger charge is 2.39. The molecule has 0 aromatic rings. The molecule has 3 rings (SSSR count). The first-order valence-corrected chi connectivity index (χ1v) is 14.9. The molecule has 0 aromatic heterocycles. The van der Waals surface area contributed by atoms with Crippen LogP contribution in [0, 0.1) is 41.4 Å². The van der Waals surface area contributed by atoms with E-state index in [0.717, 1.165) is 47.8 Å². The van der Waals surface area contributed by atoms with Crippen molar-refractivity contribution >= 4 is 0 Å². The summed E-state index contributed by atoms with van der Waals surface area (Å²) in [6.07, 6.45) is 29.3. The Hall–Kier alpha value is -0.0400. The van der Waals surface area contributed by atoms with E-state index in [1.54, 1.807) is 44.9 Å². The second-order valence-electron chi connectivity index (χ2n) is 12.0. The predicted octanol–water partition coefficient (Wildman–Crippen LogP) is 9.17. The molecule has 1 nitrogen and oxygen atoms in total. The van der Waals surface area contributed by atoms with Crippen LogP contribution in [-0.2, 0) is 0 Å². The molecule has 0 heterocycles. The number of aliphatic hydroxyl groups is 1. The molecule has 0 spiro atoms. The lowest BCUT2D eigenvalue weighted by atomic mass is 9.60. The van der Waals surface area contributed by atoms with Gasteiger partial charge in [-0.1, -0.05) is 90.9 Å². The van der Waals surface area contributed by atoms with Gasteiger partial charge in [-0.05, 0) is 92.8 Å². The highest BCUT2D eigenvalue weighted by Crippen LogP contribution is 2.49. The van der Waals surface area contributed by atoms with Crippen LogP contribution in [0.15, 0.2) is 0 Å². The van der Waals surface area contributed by atoms with Crippen LogP contribution in [-0.4, -0.2) is 11.7 Å². The average Bonchev–Trinajstić information content (AvgIpc) is 2.82. The fourth-order valence-corrected chi connectivity index (χ4v) is 8.10. The first-order valence-electron chi connectivity index (χ1n) is 14.9. The zero-order valence-corrected chi connectivity index (χ0v) is 21.3. The lowest BCUT2D eigenvalue weighted by Gasteiger charge is -2.45. The zero-order valence-electron chi connectivity index (χ0n) is 21.3. The molecule has 1 heteroatoms. The largest absolute Gasteiger partial charge is 0.396 e. The van der Waals surface area contributed by atoms with E-state index in [1.807, 2.05) is 0 Å². The van der Waals surface area contributed by atoms with Crippen LogP contribution in [0.2, 0.25) is 0 Å². The van der Waals surface area contributed by atoms with Crippen molar-refractivity contribution in [1.82, 2.24) is 0 Å². The van der Waals surface area contributed by atoms with Crippen molar-refractivity contribution in [3.05, 3.63) is 0 Å². The summed E-state index contributed by atoms with van der Waals surface area (Å²) < 4.78 is 0. The summed E-state index contributed by atoms with van der Waals surface area (Å²) in [6, 6.07) is 0. The van der Waals surface area contributed by atoms with E-state index in [0.29, 0.717) is 6.61 Å². The fraction of sp³-hybridized carbons (Fsp3) is 1.00. The topological polar surface area (TPSA) is 20.2 Å². The lowest BCUT2D eigenvalue weighted by molar-refractivity contribution is 0.0521. The maximum atomic E-state index is 8.98. The zero-order chi connectivity index (χ0) is 21.9. The van der Waals surface area contributed by atoms with E-state index in [1.165, 1.54) is 77.0 Å². The second-order valence-corrected chi connectivity index (χ2v) is 12.0. The average molecular weight is 433 g/mol. The lowest BCUT2D eigenvalue weighted by Crippen LogP contribution is -2.35. The molecule has 3 fully saturated rings. The first-order chi connectivity index (χ1) is 15.2. The minimum Gasteiger partial charge on any atom is -0.396 e. The van der Waals surface area contributed by atoms with Gasteiger partial charge in [-0.15, -0.1) is 0 Å². The van der Waals surface area contributed by atoms with Gasteiger partial charge in [0.15, 0.2) is 0 Å². The Balaban J connectivity index is 1.37. The Bertz CT molecular complexity index is 443. The minimum atomic E-state index is 0.383. The van der Waals surface area contributed by atoms with E-state index in [-0.39, 0.29) is 0 Å². The Morgan fingerprint density at radius 1 is 0.581 bits per heavy atom. The number of hydrogen-bond acceptors (Lipinski definition) is 1. The number of hydrogen-bond donors (Lipinski definition) is 1. The monoisotopic (exact) mass is 432 g/mol. The molecule has 3 atom stereocenters. The quantitative estimate of drug-likeness (QED) is 0.305.